The van der Waals surface area contributed by atoms with E-state index in [1.165, 1.54) is 0 Å². The van der Waals surface area contributed by atoms with E-state index in [1.807, 2.05) is 25.3 Å². The van der Waals surface area contributed by atoms with Gasteiger partial charge < -0.3 is 15.2 Å². The Hall–Kier alpha value is -1.85. The number of nitrogens with zero attached hydrogens (tertiary/aromatic N) is 2. The third-order valence-corrected chi connectivity index (χ3v) is 3.74. The van der Waals surface area contributed by atoms with Crippen LogP contribution in [0.4, 0.5) is 0 Å². The van der Waals surface area contributed by atoms with Crippen LogP contribution in [0.2, 0.25) is 0 Å². The van der Waals surface area contributed by atoms with Crippen molar-refractivity contribution < 1.29 is 9.59 Å². The molecule has 1 aromatic rings. The molecule has 0 bridgehead atoms. The Morgan fingerprint density at radius 2 is 2.00 bits per heavy atom. The number of amides is 2. The SMILES string of the molecule is CCCNC(=O)c1nc(C(=O)NCC(C)C)c2n1CCCC2. The zero-order valence-electron chi connectivity index (χ0n) is 13.7. The Balaban J connectivity index is 2.25. The smallest absolute Gasteiger partial charge is 0.287 e. The Morgan fingerprint density at radius 1 is 1.23 bits per heavy atom. The molecule has 2 rings (SSSR count). The number of imidazole rings is 1. The van der Waals surface area contributed by atoms with Gasteiger partial charge >= 0.3 is 0 Å². The molecule has 22 heavy (non-hydrogen) atoms. The van der Waals surface area contributed by atoms with Gasteiger partial charge in [-0.15, -0.1) is 0 Å². The maximum absolute atomic E-state index is 12.4. The monoisotopic (exact) mass is 306 g/mol. The Kier molecular flexibility index (Phi) is 5.57. The molecule has 2 heterocycles. The lowest BCUT2D eigenvalue weighted by Gasteiger charge is -2.17. The van der Waals surface area contributed by atoms with Crippen molar-refractivity contribution in [1.29, 1.82) is 0 Å². The van der Waals surface area contributed by atoms with Crippen LogP contribution < -0.4 is 10.6 Å². The first kappa shape index (κ1) is 16.5. The number of carbonyl (C=O) groups is 2. The fraction of sp³-hybridized carbons (Fsp3) is 0.688. The van der Waals surface area contributed by atoms with E-state index in [4.69, 9.17) is 0 Å². The molecule has 6 heteroatoms. The molecule has 6 nitrogen and oxygen atoms in total. The second-order valence-electron chi connectivity index (χ2n) is 6.20. The summed E-state index contributed by atoms with van der Waals surface area (Å²) in [6.45, 7) is 8.10. The molecule has 0 radical (unpaired) electrons. The van der Waals surface area contributed by atoms with E-state index in [0.717, 1.165) is 37.9 Å². The minimum absolute atomic E-state index is 0.172. The summed E-state index contributed by atoms with van der Waals surface area (Å²) >= 11 is 0. The fourth-order valence-electron chi connectivity index (χ4n) is 2.60. The zero-order chi connectivity index (χ0) is 16.1. The van der Waals surface area contributed by atoms with Crippen molar-refractivity contribution in [3.8, 4) is 0 Å². The quantitative estimate of drug-likeness (QED) is 0.840. The second-order valence-corrected chi connectivity index (χ2v) is 6.20. The molecule has 0 atom stereocenters. The van der Waals surface area contributed by atoms with E-state index < -0.39 is 0 Å². The highest BCUT2D eigenvalue weighted by Crippen LogP contribution is 2.21. The predicted octanol–water partition coefficient (Wildman–Crippen LogP) is 1.74. The molecule has 0 aliphatic carbocycles. The zero-order valence-corrected chi connectivity index (χ0v) is 13.7. The van der Waals surface area contributed by atoms with E-state index in [2.05, 4.69) is 15.6 Å². The normalized spacial score (nSPS) is 13.8. The summed E-state index contributed by atoms with van der Waals surface area (Å²) in [5.74, 6) is 0.398. The average molecular weight is 306 g/mol. The number of hydrogen-bond donors (Lipinski definition) is 2. The molecular weight excluding hydrogens is 280 g/mol. The molecule has 0 spiro atoms. The lowest BCUT2D eigenvalue weighted by molar-refractivity contribution is 0.0937. The van der Waals surface area contributed by atoms with Crippen molar-refractivity contribution >= 4 is 11.8 Å². The van der Waals surface area contributed by atoms with Crippen molar-refractivity contribution in [1.82, 2.24) is 20.2 Å². The summed E-state index contributed by atoms with van der Waals surface area (Å²) in [6.07, 6.45) is 3.73. The number of hydrogen-bond acceptors (Lipinski definition) is 3. The summed E-state index contributed by atoms with van der Waals surface area (Å²) in [6, 6.07) is 0. The van der Waals surface area contributed by atoms with Gasteiger partial charge in [-0.25, -0.2) is 4.98 Å². The van der Waals surface area contributed by atoms with Crippen molar-refractivity contribution in [2.45, 2.75) is 53.0 Å². The minimum atomic E-state index is -0.187. The topological polar surface area (TPSA) is 76.0 Å². The van der Waals surface area contributed by atoms with Crippen molar-refractivity contribution in [2.75, 3.05) is 13.1 Å². The van der Waals surface area contributed by atoms with E-state index >= 15 is 0 Å². The lowest BCUT2D eigenvalue weighted by atomic mass is 10.1. The summed E-state index contributed by atoms with van der Waals surface area (Å²) in [4.78, 5) is 29.0. The van der Waals surface area contributed by atoms with Crippen LogP contribution in [0.25, 0.3) is 0 Å². The van der Waals surface area contributed by atoms with E-state index in [-0.39, 0.29) is 11.8 Å². The first-order valence-corrected chi connectivity index (χ1v) is 8.20. The van der Waals surface area contributed by atoms with Gasteiger partial charge in [0.05, 0.1) is 5.69 Å². The molecule has 1 aromatic heterocycles. The van der Waals surface area contributed by atoms with E-state index in [0.29, 0.717) is 30.5 Å². The molecule has 0 aromatic carbocycles. The molecule has 0 saturated heterocycles. The van der Waals surface area contributed by atoms with Crippen LogP contribution in [0.5, 0.6) is 0 Å². The van der Waals surface area contributed by atoms with Crippen LogP contribution in [0, 0.1) is 5.92 Å². The molecule has 1 aliphatic heterocycles. The van der Waals surface area contributed by atoms with Crippen LogP contribution in [0.1, 0.15) is 66.8 Å². The molecule has 2 N–H and O–H groups in total. The third-order valence-electron chi connectivity index (χ3n) is 3.74. The summed E-state index contributed by atoms with van der Waals surface area (Å²) in [5.41, 5.74) is 1.32. The number of carbonyl (C=O) groups excluding carboxylic acids is 2. The van der Waals surface area contributed by atoms with Crippen LogP contribution in [0.15, 0.2) is 0 Å². The Bertz CT molecular complexity index is 549. The number of aromatic nitrogens is 2. The largest absolute Gasteiger partial charge is 0.350 e. The highest BCUT2D eigenvalue weighted by atomic mass is 16.2. The van der Waals surface area contributed by atoms with Gasteiger partial charge in [-0.3, -0.25) is 9.59 Å². The number of rotatable bonds is 6. The average Bonchev–Trinajstić information content (AvgIpc) is 2.90. The van der Waals surface area contributed by atoms with E-state index in [9.17, 15) is 9.59 Å². The molecular formula is C16H26N4O2. The van der Waals surface area contributed by atoms with Gasteiger partial charge in [-0.2, -0.15) is 0 Å². The highest BCUT2D eigenvalue weighted by Gasteiger charge is 2.27. The summed E-state index contributed by atoms with van der Waals surface area (Å²) in [5, 5.41) is 5.74. The molecule has 122 valence electrons. The van der Waals surface area contributed by atoms with Crippen molar-refractivity contribution in [3.63, 3.8) is 0 Å². The number of fused-ring (bicyclic) bond motifs is 1. The van der Waals surface area contributed by atoms with Gasteiger partial charge in [0.1, 0.15) is 5.69 Å². The summed E-state index contributed by atoms with van der Waals surface area (Å²) < 4.78 is 1.92. The molecule has 0 saturated carbocycles. The second kappa shape index (κ2) is 7.42. The Labute approximate surface area is 131 Å². The molecule has 2 amide bonds. The van der Waals surface area contributed by atoms with Gasteiger partial charge in [-0.1, -0.05) is 20.8 Å². The Morgan fingerprint density at radius 3 is 2.68 bits per heavy atom. The fourth-order valence-corrected chi connectivity index (χ4v) is 2.60. The highest BCUT2D eigenvalue weighted by molar-refractivity contribution is 5.97. The van der Waals surface area contributed by atoms with Crippen LogP contribution in [-0.4, -0.2) is 34.5 Å². The molecule has 0 fully saturated rings. The predicted molar refractivity (Wildman–Crippen MR) is 85.0 cm³/mol. The van der Waals surface area contributed by atoms with Gasteiger partial charge in [0.2, 0.25) is 0 Å². The molecule has 0 unspecified atom stereocenters. The maximum Gasteiger partial charge on any atom is 0.287 e. The van der Waals surface area contributed by atoms with Gasteiger partial charge in [0.15, 0.2) is 5.82 Å². The molecule has 1 aliphatic rings. The maximum atomic E-state index is 12.4. The van der Waals surface area contributed by atoms with Crippen molar-refractivity contribution in [3.05, 3.63) is 17.2 Å². The first-order valence-electron chi connectivity index (χ1n) is 8.20. The van der Waals surface area contributed by atoms with Crippen molar-refractivity contribution in [2.24, 2.45) is 5.92 Å². The van der Waals surface area contributed by atoms with Gasteiger partial charge in [0, 0.05) is 19.6 Å². The van der Waals surface area contributed by atoms with E-state index in [1.54, 1.807) is 0 Å². The first-order chi connectivity index (χ1) is 10.5. The van der Waals surface area contributed by atoms with Crippen LogP contribution in [0.3, 0.4) is 0 Å². The van der Waals surface area contributed by atoms with Gasteiger partial charge in [-0.05, 0) is 31.6 Å². The van der Waals surface area contributed by atoms with Gasteiger partial charge in [0.25, 0.3) is 11.8 Å². The minimum Gasteiger partial charge on any atom is -0.350 e. The standard InChI is InChI=1S/C16H26N4O2/c1-4-8-17-16(22)14-19-13(15(21)18-10-11(2)3)12-7-5-6-9-20(12)14/h11H,4-10H2,1-3H3,(H,17,22)(H,18,21). The third kappa shape index (κ3) is 3.67. The van der Waals surface area contributed by atoms with Crippen LogP contribution >= 0.6 is 0 Å². The number of nitrogens with one attached hydrogen (secondary N) is 2. The lowest BCUT2D eigenvalue weighted by Crippen LogP contribution is -2.29. The van der Waals surface area contributed by atoms with Crippen LogP contribution in [-0.2, 0) is 13.0 Å². The summed E-state index contributed by atoms with van der Waals surface area (Å²) in [7, 11) is 0.